The number of nitro groups is 1. The van der Waals surface area contributed by atoms with E-state index in [-0.39, 0.29) is 28.4 Å². The van der Waals surface area contributed by atoms with E-state index in [2.05, 4.69) is 10.2 Å². The highest BCUT2D eigenvalue weighted by Crippen LogP contribution is 2.44. The second kappa shape index (κ2) is 8.77. The molecule has 0 saturated carbocycles. The van der Waals surface area contributed by atoms with Gasteiger partial charge in [-0.2, -0.15) is 0 Å². The van der Waals surface area contributed by atoms with Crippen molar-refractivity contribution in [3.05, 3.63) is 74.8 Å². The zero-order valence-electron chi connectivity index (χ0n) is 17.1. The van der Waals surface area contributed by atoms with Gasteiger partial charge in [-0.05, 0) is 55.5 Å². The number of carbonyl (C=O) groups is 2. The number of rotatable bonds is 5. The molecule has 1 N–H and O–H groups in total. The van der Waals surface area contributed by atoms with Crippen molar-refractivity contribution in [1.82, 2.24) is 10.2 Å². The molecule has 0 radical (unpaired) electrons. The fourth-order valence-corrected chi connectivity index (χ4v) is 5.19. The van der Waals surface area contributed by atoms with Crippen LogP contribution < -0.4 is 5.32 Å². The van der Waals surface area contributed by atoms with Gasteiger partial charge in [-0.3, -0.25) is 29.9 Å². The Morgan fingerprint density at radius 1 is 1.13 bits per heavy atom. The molecule has 2 aromatic rings. The first kappa shape index (κ1) is 21.5. The number of amides is 2. The molecule has 2 fully saturated rings. The van der Waals surface area contributed by atoms with Crippen LogP contribution in [0.15, 0.2) is 48.5 Å². The minimum atomic E-state index is -0.694. The Hall–Kier alpha value is -2.77. The third kappa shape index (κ3) is 4.20. The standard InChI is InChI=1S/C23H24ClN3O4/c24-19-7-6-16(14-20(19)27(30)31)15-26-12-9-18(10-13-26)23(17-4-2-1-3-5-17)11-8-21(28)25-22(23)29/h1-7,14,18H,8-13,15H2,(H,25,28,29). The summed E-state index contributed by atoms with van der Waals surface area (Å²) in [6, 6.07) is 14.7. The molecule has 2 heterocycles. The summed E-state index contributed by atoms with van der Waals surface area (Å²) in [5.41, 5.74) is 1.03. The zero-order valence-corrected chi connectivity index (χ0v) is 17.8. The number of piperidine rings is 2. The first-order chi connectivity index (χ1) is 14.9. The molecular weight excluding hydrogens is 418 g/mol. The average Bonchev–Trinajstić information content (AvgIpc) is 2.77. The third-order valence-electron chi connectivity index (χ3n) is 6.59. The van der Waals surface area contributed by atoms with Gasteiger partial charge in [0.25, 0.3) is 5.69 Å². The van der Waals surface area contributed by atoms with Crippen molar-refractivity contribution in [2.45, 2.75) is 37.6 Å². The SMILES string of the molecule is O=C1CCC(c2ccccc2)(C2CCN(Cc3ccc(Cl)c([N+](=O)[O-])c3)CC2)C(=O)N1. The predicted octanol–water partition coefficient (Wildman–Crippen LogP) is 3.83. The van der Waals surface area contributed by atoms with E-state index in [9.17, 15) is 19.7 Å². The number of nitro benzene ring substituents is 1. The molecule has 4 rings (SSSR count). The lowest BCUT2D eigenvalue weighted by Gasteiger charge is -2.45. The van der Waals surface area contributed by atoms with E-state index < -0.39 is 10.3 Å². The van der Waals surface area contributed by atoms with E-state index in [0.717, 1.165) is 37.1 Å². The average molecular weight is 442 g/mol. The van der Waals surface area contributed by atoms with Gasteiger partial charge in [0.1, 0.15) is 5.02 Å². The molecule has 0 bridgehead atoms. The summed E-state index contributed by atoms with van der Waals surface area (Å²) in [4.78, 5) is 37.9. The van der Waals surface area contributed by atoms with Crippen molar-refractivity contribution in [1.29, 1.82) is 0 Å². The molecule has 0 spiro atoms. The minimum Gasteiger partial charge on any atom is -0.299 e. The fourth-order valence-electron chi connectivity index (χ4n) is 5.00. The number of carbonyl (C=O) groups excluding carboxylic acids is 2. The number of hydrogen-bond donors (Lipinski definition) is 1. The lowest BCUT2D eigenvalue weighted by atomic mass is 9.62. The fraction of sp³-hybridized carbons (Fsp3) is 0.391. The predicted molar refractivity (Wildman–Crippen MR) is 117 cm³/mol. The van der Waals surface area contributed by atoms with Crippen LogP contribution in [-0.2, 0) is 21.5 Å². The third-order valence-corrected chi connectivity index (χ3v) is 6.91. The van der Waals surface area contributed by atoms with Gasteiger partial charge in [-0.25, -0.2) is 0 Å². The monoisotopic (exact) mass is 441 g/mol. The number of benzene rings is 2. The Morgan fingerprint density at radius 2 is 1.84 bits per heavy atom. The molecule has 2 amide bonds. The molecule has 1 atom stereocenters. The molecule has 0 aromatic heterocycles. The summed E-state index contributed by atoms with van der Waals surface area (Å²) in [6.07, 6.45) is 2.49. The topological polar surface area (TPSA) is 92.6 Å². The number of halogens is 1. The number of hydrogen-bond acceptors (Lipinski definition) is 5. The molecule has 7 nitrogen and oxygen atoms in total. The Bertz CT molecular complexity index is 1010. The summed E-state index contributed by atoms with van der Waals surface area (Å²) < 4.78 is 0. The summed E-state index contributed by atoms with van der Waals surface area (Å²) in [5.74, 6) is -0.279. The maximum atomic E-state index is 13.1. The Kier molecular flexibility index (Phi) is 6.07. The van der Waals surface area contributed by atoms with E-state index in [0.29, 0.717) is 19.4 Å². The van der Waals surface area contributed by atoms with Gasteiger partial charge in [-0.15, -0.1) is 0 Å². The molecule has 0 aliphatic carbocycles. The first-order valence-electron chi connectivity index (χ1n) is 10.4. The highest BCUT2D eigenvalue weighted by Gasteiger charge is 2.50. The second-order valence-corrected chi connectivity index (χ2v) is 8.72. The van der Waals surface area contributed by atoms with Gasteiger partial charge in [0, 0.05) is 19.0 Å². The number of imide groups is 1. The van der Waals surface area contributed by atoms with E-state index >= 15 is 0 Å². The van der Waals surface area contributed by atoms with E-state index in [1.807, 2.05) is 36.4 Å². The van der Waals surface area contributed by atoms with Crippen LogP contribution in [0.25, 0.3) is 0 Å². The lowest BCUT2D eigenvalue weighted by molar-refractivity contribution is -0.384. The molecule has 1 unspecified atom stereocenters. The summed E-state index contributed by atoms with van der Waals surface area (Å²) in [7, 11) is 0. The minimum absolute atomic E-state index is 0.0828. The van der Waals surface area contributed by atoms with Crippen LogP contribution in [0, 0.1) is 16.0 Å². The van der Waals surface area contributed by atoms with Crippen molar-refractivity contribution < 1.29 is 14.5 Å². The van der Waals surface area contributed by atoms with Crippen LogP contribution in [0.2, 0.25) is 5.02 Å². The van der Waals surface area contributed by atoms with Crippen molar-refractivity contribution in [3.63, 3.8) is 0 Å². The van der Waals surface area contributed by atoms with Gasteiger partial charge < -0.3 is 0 Å². The Morgan fingerprint density at radius 3 is 2.48 bits per heavy atom. The van der Waals surface area contributed by atoms with Crippen LogP contribution >= 0.6 is 11.6 Å². The maximum absolute atomic E-state index is 13.1. The molecule has 2 saturated heterocycles. The summed E-state index contributed by atoms with van der Waals surface area (Å²) in [5, 5.41) is 13.9. The van der Waals surface area contributed by atoms with Gasteiger partial charge >= 0.3 is 0 Å². The molecule has 8 heteroatoms. The van der Waals surface area contributed by atoms with Crippen LogP contribution in [0.5, 0.6) is 0 Å². The number of nitrogens with zero attached hydrogens (tertiary/aromatic N) is 2. The van der Waals surface area contributed by atoms with Gasteiger partial charge in [0.15, 0.2) is 0 Å². The Labute approximate surface area is 185 Å². The highest BCUT2D eigenvalue weighted by molar-refractivity contribution is 6.32. The van der Waals surface area contributed by atoms with Crippen molar-refractivity contribution in [3.8, 4) is 0 Å². The lowest BCUT2D eigenvalue weighted by Crippen LogP contribution is -2.57. The van der Waals surface area contributed by atoms with Crippen molar-refractivity contribution >= 4 is 29.1 Å². The molecule has 162 valence electrons. The zero-order chi connectivity index (χ0) is 22.0. The van der Waals surface area contributed by atoms with E-state index in [4.69, 9.17) is 11.6 Å². The van der Waals surface area contributed by atoms with Crippen LogP contribution in [-0.4, -0.2) is 34.7 Å². The van der Waals surface area contributed by atoms with Crippen LogP contribution in [0.1, 0.15) is 36.8 Å². The van der Waals surface area contributed by atoms with Gasteiger partial charge in [0.2, 0.25) is 11.8 Å². The second-order valence-electron chi connectivity index (χ2n) is 8.31. The first-order valence-corrected chi connectivity index (χ1v) is 10.8. The maximum Gasteiger partial charge on any atom is 0.288 e. The molecule has 31 heavy (non-hydrogen) atoms. The Balaban J connectivity index is 1.50. The van der Waals surface area contributed by atoms with Gasteiger partial charge in [0.05, 0.1) is 10.3 Å². The smallest absolute Gasteiger partial charge is 0.288 e. The van der Waals surface area contributed by atoms with E-state index in [1.165, 1.54) is 6.07 Å². The van der Waals surface area contributed by atoms with Gasteiger partial charge in [-0.1, -0.05) is 48.0 Å². The van der Waals surface area contributed by atoms with Crippen LogP contribution in [0.4, 0.5) is 5.69 Å². The molecular formula is C23H24ClN3O4. The summed E-state index contributed by atoms with van der Waals surface area (Å²) in [6.45, 7) is 2.14. The van der Waals surface area contributed by atoms with Crippen molar-refractivity contribution in [2.24, 2.45) is 5.92 Å². The quantitative estimate of drug-likeness (QED) is 0.432. The molecule has 2 aromatic carbocycles. The molecule has 2 aliphatic heterocycles. The molecule has 2 aliphatic rings. The normalized spacial score (nSPS) is 22.9. The largest absolute Gasteiger partial charge is 0.299 e. The highest BCUT2D eigenvalue weighted by atomic mass is 35.5. The number of nitrogens with one attached hydrogen (secondary N) is 1. The number of likely N-dealkylation sites (tertiary alicyclic amines) is 1. The summed E-state index contributed by atoms with van der Waals surface area (Å²) >= 11 is 5.92. The van der Waals surface area contributed by atoms with Crippen LogP contribution in [0.3, 0.4) is 0 Å². The van der Waals surface area contributed by atoms with E-state index in [1.54, 1.807) is 6.07 Å². The van der Waals surface area contributed by atoms with Crippen molar-refractivity contribution in [2.75, 3.05) is 13.1 Å².